The smallest absolute Gasteiger partial charge is 0.222 e. The lowest BCUT2D eigenvalue weighted by Gasteiger charge is -2.47. The summed E-state index contributed by atoms with van der Waals surface area (Å²) < 4.78 is 5.15. The zero-order valence-corrected chi connectivity index (χ0v) is 17.0. The van der Waals surface area contributed by atoms with Crippen LogP contribution in [0.4, 0.5) is 0 Å². The molecule has 0 saturated carbocycles. The zero-order chi connectivity index (χ0) is 18.4. The lowest BCUT2D eigenvalue weighted by Crippen LogP contribution is -2.51. The van der Waals surface area contributed by atoms with E-state index in [-0.39, 0.29) is 0 Å². The van der Waals surface area contributed by atoms with Crippen molar-refractivity contribution in [3.8, 4) is 0 Å². The van der Waals surface area contributed by atoms with E-state index in [4.69, 9.17) is 4.74 Å². The number of carbonyl (C=O) groups excluding carboxylic acids is 1. The highest BCUT2D eigenvalue weighted by atomic mass is 32.2. The second-order valence-electron chi connectivity index (χ2n) is 7.79. The summed E-state index contributed by atoms with van der Waals surface area (Å²) >= 11 is 1.81. The maximum atomic E-state index is 12.3. The van der Waals surface area contributed by atoms with Crippen LogP contribution in [0.5, 0.6) is 0 Å². The van der Waals surface area contributed by atoms with Crippen LogP contribution in [-0.2, 0) is 16.1 Å². The van der Waals surface area contributed by atoms with Gasteiger partial charge in [0.15, 0.2) is 0 Å². The highest BCUT2D eigenvalue weighted by Gasteiger charge is 2.40. The Hall–Kier alpha value is -1.04. The first-order valence-corrected chi connectivity index (χ1v) is 11.0. The molecule has 1 spiro atoms. The molecular formula is C21H32N2O2S. The van der Waals surface area contributed by atoms with Gasteiger partial charge in [0.1, 0.15) is 0 Å². The summed E-state index contributed by atoms with van der Waals surface area (Å²) in [5.41, 5.74) is 1.76. The number of amides is 1. The van der Waals surface area contributed by atoms with Gasteiger partial charge in [-0.1, -0.05) is 12.1 Å². The van der Waals surface area contributed by atoms with Crippen molar-refractivity contribution < 1.29 is 9.53 Å². The molecule has 2 aliphatic rings. The molecule has 0 atom stereocenters. The SMILES string of the molecule is COCCCN1CC2(CCC1=O)CCN(Cc1cccc(SC)c1)CC2. The van der Waals surface area contributed by atoms with Gasteiger partial charge >= 0.3 is 0 Å². The molecule has 2 saturated heterocycles. The summed E-state index contributed by atoms with van der Waals surface area (Å²) in [5, 5.41) is 0. The Balaban J connectivity index is 1.52. The number of hydrogen-bond donors (Lipinski definition) is 0. The number of piperidine rings is 2. The fraction of sp³-hybridized carbons (Fsp3) is 0.667. The number of thioether (sulfide) groups is 1. The number of benzene rings is 1. The third-order valence-corrected chi connectivity index (χ3v) is 6.71. The molecule has 0 radical (unpaired) electrons. The number of hydrogen-bond acceptors (Lipinski definition) is 4. The van der Waals surface area contributed by atoms with Crippen LogP contribution in [0.1, 0.15) is 37.7 Å². The van der Waals surface area contributed by atoms with Gasteiger partial charge < -0.3 is 9.64 Å². The maximum Gasteiger partial charge on any atom is 0.222 e. The monoisotopic (exact) mass is 376 g/mol. The largest absolute Gasteiger partial charge is 0.385 e. The van der Waals surface area contributed by atoms with E-state index in [0.29, 0.717) is 11.3 Å². The Morgan fingerprint density at radius 1 is 1.23 bits per heavy atom. The number of carbonyl (C=O) groups is 1. The number of ether oxygens (including phenoxy) is 1. The average molecular weight is 377 g/mol. The summed E-state index contributed by atoms with van der Waals surface area (Å²) in [6.07, 6.45) is 7.29. The van der Waals surface area contributed by atoms with Gasteiger partial charge in [0.2, 0.25) is 5.91 Å². The topological polar surface area (TPSA) is 32.8 Å². The molecule has 0 aliphatic carbocycles. The van der Waals surface area contributed by atoms with Crippen LogP contribution in [0.25, 0.3) is 0 Å². The molecule has 1 aromatic carbocycles. The fourth-order valence-corrected chi connectivity index (χ4v) is 4.81. The molecule has 2 fully saturated rings. The van der Waals surface area contributed by atoms with Crippen LogP contribution in [0.3, 0.4) is 0 Å². The predicted octanol–water partition coefficient (Wildman–Crippen LogP) is 3.65. The standard InChI is InChI=1S/C21H32N2O2S/c1-25-14-4-11-23-17-21(8-7-20(23)24)9-12-22(13-10-21)16-18-5-3-6-19(15-18)26-2/h3,5-6,15H,4,7-14,16-17H2,1-2H3. The number of rotatable bonds is 7. The third-order valence-electron chi connectivity index (χ3n) is 5.98. The van der Waals surface area contributed by atoms with E-state index in [9.17, 15) is 4.79 Å². The van der Waals surface area contributed by atoms with E-state index in [1.165, 1.54) is 23.3 Å². The summed E-state index contributed by atoms with van der Waals surface area (Å²) in [6.45, 7) is 5.86. The second-order valence-corrected chi connectivity index (χ2v) is 8.67. The Kier molecular flexibility index (Phi) is 7.01. The minimum atomic E-state index is 0.336. The molecule has 2 heterocycles. The first kappa shape index (κ1) is 19.7. The van der Waals surface area contributed by atoms with Gasteiger partial charge in [-0.05, 0) is 68.1 Å². The zero-order valence-electron chi connectivity index (χ0n) is 16.2. The second kappa shape index (κ2) is 9.25. The van der Waals surface area contributed by atoms with E-state index in [2.05, 4.69) is 40.3 Å². The minimum Gasteiger partial charge on any atom is -0.385 e. The molecule has 0 N–H and O–H groups in total. The highest BCUT2D eigenvalue weighted by molar-refractivity contribution is 7.98. The number of nitrogens with zero attached hydrogens (tertiary/aromatic N) is 2. The van der Waals surface area contributed by atoms with Gasteiger partial charge in [-0.25, -0.2) is 0 Å². The van der Waals surface area contributed by atoms with Crippen LogP contribution >= 0.6 is 11.8 Å². The van der Waals surface area contributed by atoms with E-state index < -0.39 is 0 Å². The molecule has 1 amide bonds. The first-order chi connectivity index (χ1) is 12.6. The number of likely N-dealkylation sites (tertiary alicyclic amines) is 2. The predicted molar refractivity (Wildman–Crippen MR) is 107 cm³/mol. The molecule has 0 unspecified atom stereocenters. The summed E-state index contributed by atoms with van der Waals surface area (Å²) in [4.78, 5) is 18.3. The lowest BCUT2D eigenvalue weighted by molar-refractivity contribution is -0.139. The molecule has 5 heteroatoms. The highest BCUT2D eigenvalue weighted by Crippen LogP contribution is 2.40. The Labute approximate surface area is 162 Å². The van der Waals surface area contributed by atoms with Crippen molar-refractivity contribution in [1.82, 2.24) is 9.80 Å². The quantitative estimate of drug-likeness (QED) is 0.537. The first-order valence-electron chi connectivity index (χ1n) is 9.76. The Morgan fingerprint density at radius 2 is 2.04 bits per heavy atom. The molecule has 0 aromatic heterocycles. The van der Waals surface area contributed by atoms with Crippen molar-refractivity contribution >= 4 is 17.7 Å². The van der Waals surface area contributed by atoms with Gasteiger partial charge in [-0.2, -0.15) is 0 Å². The van der Waals surface area contributed by atoms with Gasteiger partial charge in [0.25, 0.3) is 0 Å². The van der Waals surface area contributed by atoms with Crippen LogP contribution in [0.15, 0.2) is 29.2 Å². The summed E-state index contributed by atoms with van der Waals surface area (Å²) in [5.74, 6) is 0.336. The maximum absolute atomic E-state index is 12.3. The van der Waals surface area contributed by atoms with Crippen LogP contribution in [0.2, 0.25) is 0 Å². The molecule has 2 aliphatic heterocycles. The molecular weight excluding hydrogens is 344 g/mol. The molecule has 4 nitrogen and oxygen atoms in total. The van der Waals surface area contributed by atoms with Gasteiger partial charge in [-0.15, -0.1) is 11.8 Å². The van der Waals surface area contributed by atoms with E-state index in [1.54, 1.807) is 18.9 Å². The normalized spacial score (nSPS) is 20.7. The van der Waals surface area contributed by atoms with Gasteiger partial charge in [0, 0.05) is 44.7 Å². The third kappa shape index (κ3) is 5.02. The van der Waals surface area contributed by atoms with Crippen molar-refractivity contribution in [2.45, 2.75) is 43.5 Å². The fourth-order valence-electron chi connectivity index (χ4n) is 4.33. The van der Waals surface area contributed by atoms with Crippen LogP contribution in [0, 0.1) is 5.41 Å². The van der Waals surface area contributed by atoms with Crippen LogP contribution in [-0.4, -0.2) is 61.9 Å². The lowest BCUT2D eigenvalue weighted by atomic mass is 9.72. The van der Waals surface area contributed by atoms with Crippen molar-refractivity contribution in [1.29, 1.82) is 0 Å². The van der Waals surface area contributed by atoms with E-state index >= 15 is 0 Å². The van der Waals surface area contributed by atoms with Gasteiger partial charge in [0.05, 0.1) is 0 Å². The molecule has 3 rings (SSSR count). The summed E-state index contributed by atoms with van der Waals surface area (Å²) in [7, 11) is 1.73. The minimum absolute atomic E-state index is 0.336. The van der Waals surface area contributed by atoms with Crippen molar-refractivity contribution in [3.05, 3.63) is 29.8 Å². The number of methoxy groups -OCH3 is 1. The average Bonchev–Trinajstić information content (AvgIpc) is 2.67. The Morgan fingerprint density at radius 3 is 2.77 bits per heavy atom. The van der Waals surface area contributed by atoms with Gasteiger partial charge in [-0.3, -0.25) is 9.69 Å². The molecule has 0 bridgehead atoms. The molecule has 26 heavy (non-hydrogen) atoms. The van der Waals surface area contributed by atoms with Crippen molar-refractivity contribution in [3.63, 3.8) is 0 Å². The van der Waals surface area contributed by atoms with Crippen molar-refractivity contribution in [2.75, 3.05) is 46.2 Å². The molecule has 1 aromatic rings. The molecule has 144 valence electrons. The summed E-state index contributed by atoms with van der Waals surface area (Å²) in [6, 6.07) is 8.89. The van der Waals surface area contributed by atoms with E-state index in [1.807, 2.05) is 0 Å². The van der Waals surface area contributed by atoms with E-state index in [0.717, 1.165) is 58.6 Å². The van der Waals surface area contributed by atoms with Crippen molar-refractivity contribution in [2.24, 2.45) is 5.41 Å². The Bertz CT molecular complexity index is 599. The van der Waals surface area contributed by atoms with Crippen LogP contribution < -0.4 is 0 Å².